The third-order valence-electron chi connectivity index (χ3n) is 5.57. The first-order valence-electron chi connectivity index (χ1n) is 8.93. The van der Waals surface area contributed by atoms with E-state index < -0.39 is 0 Å². The number of hydrogen-bond acceptors (Lipinski definition) is 3. The van der Waals surface area contributed by atoms with Crippen LogP contribution >= 0.6 is 0 Å². The quantitative estimate of drug-likeness (QED) is 0.846. The Kier molecular flexibility index (Phi) is 3.93. The van der Waals surface area contributed by atoms with Crippen LogP contribution in [0.5, 0.6) is 5.75 Å². The highest BCUT2D eigenvalue weighted by Gasteiger charge is 2.38. The molecule has 1 saturated carbocycles. The maximum Gasteiger partial charge on any atom is 0.254 e. The van der Waals surface area contributed by atoms with Crippen molar-refractivity contribution in [3.8, 4) is 5.75 Å². The molecule has 2 N–H and O–H groups in total. The lowest BCUT2D eigenvalue weighted by Crippen LogP contribution is -2.62. The largest absolute Gasteiger partial charge is 0.508 e. The molecule has 4 rings (SSSR count). The first kappa shape index (κ1) is 15.5. The lowest BCUT2D eigenvalue weighted by atomic mass is 9.80. The molecular formula is C20H24N2O2. The summed E-state index contributed by atoms with van der Waals surface area (Å²) in [6.07, 6.45) is 6.12. The van der Waals surface area contributed by atoms with Crippen LogP contribution in [0.15, 0.2) is 36.4 Å². The van der Waals surface area contributed by atoms with Crippen molar-refractivity contribution in [1.82, 2.24) is 10.2 Å². The third kappa shape index (κ3) is 2.75. The second-order valence-corrected chi connectivity index (χ2v) is 7.21. The highest BCUT2D eigenvalue weighted by molar-refractivity contribution is 6.07. The number of benzene rings is 2. The van der Waals surface area contributed by atoms with Crippen molar-refractivity contribution in [2.75, 3.05) is 19.6 Å². The Morgan fingerprint density at radius 1 is 1.12 bits per heavy atom. The topological polar surface area (TPSA) is 52.6 Å². The summed E-state index contributed by atoms with van der Waals surface area (Å²) in [5.41, 5.74) is 0.801. The standard InChI is InChI=1S/C20H24N2O2/c23-16-8-7-15-5-4-6-17(18(15)13-16)19(24)22-12-11-21-20(14-22)9-2-1-3-10-20/h4-8,13,21,23H,1-3,9-12,14H2. The van der Waals surface area contributed by atoms with Crippen LogP contribution in [0, 0.1) is 0 Å². The van der Waals surface area contributed by atoms with Gasteiger partial charge in [0, 0.05) is 30.7 Å². The number of phenolic OH excluding ortho intramolecular Hbond substituents is 1. The van der Waals surface area contributed by atoms with Crippen LogP contribution in [0.25, 0.3) is 10.8 Å². The van der Waals surface area contributed by atoms with Crippen LogP contribution < -0.4 is 5.32 Å². The number of fused-ring (bicyclic) bond motifs is 1. The monoisotopic (exact) mass is 324 g/mol. The molecule has 0 unspecified atom stereocenters. The van der Waals surface area contributed by atoms with Crippen LogP contribution in [0.1, 0.15) is 42.5 Å². The maximum atomic E-state index is 13.2. The zero-order chi connectivity index (χ0) is 16.6. The molecule has 1 heterocycles. The van der Waals surface area contributed by atoms with Crippen molar-refractivity contribution in [1.29, 1.82) is 0 Å². The molecule has 2 aromatic carbocycles. The molecule has 4 nitrogen and oxygen atoms in total. The molecule has 1 saturated heterocycles. The Morgan fingerprint density at radius 3 is 2.79 bits per heavy atom. The van der Waals surface area contributed by atoms with Crippen molar-refractivity contribution in [2.45, 2.75) is 37.6 Å². The molecule has 1 spiro atoms. The molecule has 1 aliphatic heterocycles. The minimum absolute atomic E-state index is 0.0812. The van der Waals surface area contributed by atoms with Crippen LogP contribution in [0.3, 0.4) is 0 Å². The number of phenols is 1. The number of rotatable bonds is 1. The van der Waals surface area contributed by atoms with Crippen molar-refractivity contribution in [3.05, 3.63) is 42.0 Å². The lowest BCUT2D eigenvalue weighted by molar-refractivity contribution is 0.0560. The van der Waals surface area contributed by atoms with E-state index in [9.17, 15) is 9.90 Å². The van der Waals surface area contributed by atoms with Crippen molar-refractivity contribution >= 4 is 16.7 Å². The second-order valence-electron chi connectivity index (χ2n) is 7.21. The first-order chi connectivity index (χ1) is 11.7. The fourth-order valence-corrected chi connectivity index (χ4v) is 4.31. The Balaban J connectivity index is 1.65. The molecule has 2 aromatic rings. The summed E-state index contributed by atoms with van der Waals surface area (Å²) >= 11 is 0. The van der Waals surface area contributed by atoms with E-state index in [1.807, 2.05) is 29.2 Å². The van der Waals surface area contributed by atoms with Gasteiger partial charge in [-0.05, 0) is 41.8 Å². The number of piperazine rings is 1. The van der Waals surface area contributed by atoms with E-state index in [1.165, 1.54) is 19.3 Å². The summed E-state index contributed by atoms with van der Waals surface area (Å²) in [7, 11) is 0. The maximum absolute atomic E-state index is 13.2. The minimum Gasteiger partial charge on any atom is -0.508 e. The molecule has 0 bridgehead atoms. The van der Waals surface area contributed by atoms with E-state index in [1.54, 1.807) is 12.1 Å². The second kappa shape index (κ2) is 6.10. The number of carbonyl (C=O) groups is 1. The molecule has 4 heteroatoms. The van der Waals surface area contributed by atoms with E-state index in [0.29, 0.717) is 5.56 Å². The van der Waals surface area contributed by atoms with E-state index >= 15 is 0 Å². The molecule has 24 heavy (non-hydrogen) atoms. The summed E-state index contributed by atoms with van der Waals surface area (Å²) < 4.78 is 0. The van der Waals surface area contributed by atoms with Crippen LogP contribution in [0.4, 0.5) is 0 Å². The molecule has 126 valence electrons. The third-order valence-corrected chi connectivity index (χ3v) is 5.57. The number of carbonyl (C=O) groups excluding carboxylic acids is 1. The summed E-state index contributed by atoms with van der Waals surface area (Å²) in [6.45, 7) is 2.40. The lowest BCUT2D eigenvalue weighted by Gasteiger charge is -2.46. The van der Waals surface area contributed by atoms with Crippen molar-refractivity contribution in [3.63, 3.8) is 0 Å². The van der Waals surface area contributed by atoms with Crippen molar-refractivity contribution < 1.29 is 9.90 Å². The Labute approximate surface area is 142 Å². The smallest absolute Gasteiger partial charge is 0.254 e. The van der Waals surface area contributed by atoms with Gasteiger partial charge in [0.25, 0.3) is 5.91 Å². The average molecular weight is 324 g/mol. The van der Waals surface area contributed by atoms with Crippen LogP contribution in [0.2, 0.25) is 0 Å². The number of nitrogens with zero attached hydrogens (tertiary/aromatic N) is 1. The van der Waals surface area contributed by atoms with Gasteiger partial charge in [-0.15, -0.1) is 0 Å². The normalized spacial score (nSPS) is 20.4. The van der Waals surface area contributed by atoms with E-state index in [2.05, 4.69) is 5.32 Å². The summed E-state index contributed by atoms with van der Waals surface area (Å²) in [4.78, 5) is 15.2. The fourth-order valence-electron chi connectivity index (χ4n) is 4.31. The highest BCUT2D eigenvalue weighted by Crippen LogP contribution is 2.32. The van der Waals surface area contributed by atoms with Gasteiger partial charge in [0.05, 0.1) is 0 Å². The number of aromatic hydroxyl groups is 1. The Hall–Kier alpha value is -2.07. The van der Waals surface area contributed by atoms with E-state index in [0.717, 1.165) is 43.2 Å². The van der Waals surface area contributed by atoms with Gasteiger partial charge in [-0.25, -0.2) is 0 Å². The Bertz CT molecular complexity index is 760. The fraction of sp³-hybridized carbons (Fsp3) is 0.450. The van der Waals surface area contributed by atoms with Crippen LogP contribution in [-0.2, 0) is 0 Å². The van der Waals surface area contributed by atoms with Crippen molar-refractivity contribution in [2.24, 2.45) is 0 Å². The van der Waals surface area contributed by atoms with Gasteiger partial charge in [-0.3, -0.25) is 4.79 Å². The first-order valence-corrected chi connectivity index (χ1v) is 8.93. The van der Waals surface area contributed by atoms with Gasteiger partial charge in [-0.2, -0.15) is 0 Å². The Morgan fingerprint density at radius 2 is 1.96 bits per heavy atom. The molecule has 0 atom stereocenters. The van der Waals surface area contributed by atoms with E-state index in [-0.39, 0.29) is 17.2 Å². The van der Waals surface area contributed by atoms with Gasteiger partial charge in [0.2, 0.25) is 0 Å². The summed E-state index contributed by atoms with van der Waals surface area (Å²) in [5, 5.41) is 15.3. The zero-order valence-electron chi connectivity index (χ0n) is 13.9. The molecule has 0 aromatic heterocycles. The average Bonchev–Trinajstić information content (AvgIpc) is 2.61. The zero-order valence-corrected chi connectivity index (χ0v) is 13.9. The van der Waals surface area contributed by atoms with Gasteiger partial charge < -0.3 is 15.3 Å². The molecule has 0 radical (unpaired) electrons. The summed E-state index contributed by atoms with van der Waals surface area (Å²) in [5.74, 6) is 0.282. The molecule has 1 aliphatic carbocycles. The minimum atomic E-state index is 0.0812. The van der Waals surface area contributed by atoms with E-state index in [4.69, 9.17) is 0 Å². The van der Waals surface area contributed by atoms with Crippen LogP contribution in [-0.4, -0.2) is 41.1 Å². The number of nitrogens with one attached hydrogen (secondary N) is 1. The molecule has 2 fully saturated rings. The number of hydrogen-bond donors (Lipinski definition) is 2. The van der Waals surface area contributed by atoms with Gasteiger partial charge >= 0.3 is 0 Å². The predicted molar refractivity (Wildman–Crippen MR) is 95.3 cm³/mol. The summed E-state index contributed by atoms with van der Waals surface area (Å²) in [6, 6.07) is 11.0. The van der Waals surface area contributed by atoms with Gasteiger partial charge in [0.1, 0.15) is 5.75 Å². The molecule has 1 amide bonds. The number of amides is 1. The molecular weight excluding hydrogens is 300 g/mol. The van der Waals surface area contributed by atoms with Gasteiger partial charge in [0.15, 0.2) is 0 Å². The highest BCUT2D eigenvalue weighted by atomic mass is 16.3. The molecule has 2 aliphatic rings. The SMILES string of the molecule is O=C(c1cccc2ccc(O)cc12)N1CCNC2(CCCCC2)C1. The van der Waals surface area contributed by atoms with Gasteiger partial charge in [-0.1, -0.05) is 37.5 Å². The predicted octanol–water partition coefficient (Wildman–Crippen LogP) is 3.29.